The summed E-state index contributed by atoms with van der Waals surface area (Å²) in [5.41, 5.74) is 7.00. The number of rotatable bonds is 5. The molecule has 1 aromatic heterocycles. The van der Waals surface area contributed by atoms with Crippen molar-refractivity contribution in [3.05, 3.63) is 11.9 Å². The fourth-order valence-corrected chi connectivity index (χ4v) is 2.50. The van der Waals surface area contributed by atoms with Gasteiger partial charge in [0.2, 0.25) is 0 Å². The summed E-state index contributed by atoms with van der Waals surface area (Å²) in [6.45, 7) is 6.43. The van der Waals surface area contributed by atoms with Crippen LogP contribution < -0.4 is 10.6 Å². The number of nitrogens with zero attached hydrogens (tertiary/aromatic N) is 3. The van der Waals surface area contributed by atoms with Crippen molar-refractivity contribution in [2.24, 2.45) is 0 Å². The highest BCUT2D eigenvalue weighted by atomic mass is 32.2. The van der Waals surface area contributed by atoms with Gasteiger partial charge in [-0.05, 0) is 19.1 Å². The second kappa shape index (κ2) is 6.10. The number of anilines is 2. The molecule has 0 spiro atoms. The van der Waals surface area contributed by atoms with E-state index in [0.717, 1.165) is 17.1 Å². The second-order valence-electron chi connectivity index (χ2n) is 4.57. The summed E-state index contributed by atoms with van der Waals surface area (Å²) in [6, 6.07) is 0.428. The first-order valence-corrected chi connectivity index (χ1v) is 7.20. The first-order chi connectivity index (χ1) is 7.99. The normalized spacial score (nSPS) is 12.8. The fraction of sp³-hybridized carbons (Fsp3) is 0.667. The lowest BCUT2D eigenvalue weighted by Gasteiger charge is -2.28. The summed E-state index contributed by atoms with van der Waals surface area (Å²) in [5, 5.41) is 0. The molecule has 5 heteroatoms. The van der Waals surface area contributed by atoms with Crippen molar-refractivity contribution in [1.82, 2.24) is 9.97 Å². The predicted octanol–water partition coefficient (Wildman–Crippen LogP) is 2.37. The van der Waals surface area contributed by atoms with Gasteiger partial charge in [-0.1, -0.05) is 13.8 Å². The van der Waals surface area contributed by atoms with Crippen molar-refractivity contribution in [2.45, 2.75) is 32.7 Å². The van der Waals surface area contributed by atoms with Crippen LogP contribution in [-0.4, -0.2) is 35.1 Å². The van der Waals surface area contributed by atoms with E-state index in [1.54, 1.807) is 6.33 Å². The largest absolute Gasteiger partial charge is 0.383 e. The average Bonchev–Trinajstić information content (AvgIpc) is 2.27. The molecular formula is C12H22N4S. The standard InChI is InChI=1S/C12H22N4S/c1-8(2)10-11(13)14-7-15-12(10)16(4)9(3)6-17-5/h7-9H,6H2,1-5H3,(H2,13,14,15). The SMILES string of the molecule is CSCC(C)N(C)c1ncnc(N)c1C(C)C. The number of aromatic nitrogens is 2. The predicted molar refractivity (Wildman–Crippen MR) is 76.8 cm³/mol. The first kappa shape index (κ1) is 14.1. The monoisotopic (exact) mass is 254 g/mol. The molecule has 0 saturated carbocycles. The molecule has 96 valence electrons. The van der Waals surface area contributed by atoms with Gasteiger partial charge in [-0.25, -0.2) is 9.97 Å². The van der Waals surface area contributed by atoms with E-state index in [1.807, 2.05) is 11.8 Å². The molecule has 0 aromatic carbocycles. The molecule has 0 aliphatic rings. The Kier molecular flexibility index (Phi) is 5.05. The topological polar surface area (TPSA) is 55.0 Å². The lowest BCUT2D eigenvalue weighted by atomic mass is 10.0. The van der Waals surface area contributed by atoms with E-state index in [0.29, 0.717) is 17.8 Å². The zero-order chi connectivity index (χ0) is 13.0. The van der Waals surface area contributed by atoms with E-state index in [9.17, 15) is 0 Å². The summed E-state index contributed by atoms with van der Waals surface area (Å²) >= 11 is 1.83. The smallest absolute Gasteiger partial charge is 0.137 e. The Morgan fingerprint density at radius 3 is 2.53 bits per heavy atom. The van der Waals surface area contributed by atoms with Gasteiger partial charge in [0, 0.05) is 24.4 Å². The quantitative estimate of drug-likeness (QED) is 0.874. The zero-order valence-corrected chi connectivity index (χ0v) is 12.1. The molecule has 2 N–H and O–H groups in total. The molecule has 1 rings (SSSR count). The summed E-state index contributed by atoms with van der Waals surface area (Å²) in [5.74, 6) is 2.94. The van der Waals surface area contributed by atoms with Crippen molar-refractivity contribution in [1.29, 1.82) is 0 Å². The van der Waals surface area contributed by atoms with Gasteiger partial charge in [0.25, 0.3) is 0 Å². The molecule has 1 unspecified atom stereocenters. The molecule has 0 saturated heterocycles. The van der Waals surface area contributed by atoms with E-state index >= 15 is 0 Å². The van der Waals surface area contributed by atoms with Crippen molar-refractivity contribution < 1.29 is 0 Å². The molecule has 0 aliphatic heterocycles. The number of hydrogen-bond acceptors (Lipinski definition) is 5. The van der Waals surface area contributed by atoms with E-state index in [1.165, 1.54) is 0 Å². The van der Waals surface area contributed by atoms with Crippen LogP contribution in [0.15, 0.2) is 6.33 Å². The third-order valence-electron chi connectivity index (χ3n) is 2.87. The molecule has 0 fully saturated rings. The molecule has 0 radical (unpaired) electrons. The van der Waals surface area contributed by atoms with Crippen LogP contribution >= 0.6 is 11.8 Å². The Labute approximate surface area is 108 Å². The highest BCUT2D eigenvalue weighted by Gasteiger charge is 2.19. The van der Waals surface area contributed by atoms with Crippen molar-refractivity contribution >= 4 is 23.4 Å². The van der Waals surface area contributed by atoms with Gasteiger partial charge >= 0.3 is 0 Å². The van der Waals surface area contributed by atoms with Crippen LogP contribution in [0.1, 0.15) is 32.3 Å². The minimum atomic E-state index is 0.329. The van der Waals surface area contributed by atoms with Gasteiger partial charge in [-0.2, -0.15) is 11.8 Å². The fourth-order valence-electron chi connectivity index (χ4n) is 1.80. The Hall–Kier alpha value is -0.970. The zero-order valence-electron chi connectivity index (χ0n) is 11.3. The number of hydrogen-bond donors (Lipinski definition) is 1. The minimum Gasteiger partial charge on any atom is -0.383 e. The van der Waals surface area contributed by atoms with Gasteiger partial charge in [0.1, 0.15) is 18.0 Å². The van der Waals surface area contributed by atoms with E-state index in [4.69, 9.17) is 5.73 Å². The van der Waals surface area contributed by atoms with Crippen molar-refractivity contribution in [3.8, 4) is 0 Å². The van der Waals surface area contributed by atoms with Crippen LogP contribution in [0.25, 0.3) is 0 Å². The van der Waals surface area contributed by atoms with Crippen LogP contribution in [0.4, 0.5) is 11.6 Å². The lowest BCUT2D eigenvalue weighted by Crippen LogP contribution is -2.32. The van der Waals surface area contributed by atoms with E-state index < -0.39 is 0 Å². The summed E-state index contributed by atoms with van der Waals surface area (Å²) in [6.07, 6.45) is 3.65. The Balaban J connectivity index is 3.08. The Morgan fingerprint density at radius 1 is 1.35 bits per heavy atom. The van der Waals surface area contributed by atoms with E-state index in [-0.39, 0.29) is 0 Å². The van der Waals surface area contributed by atoms with E-state index in [2.05, 4.69) is 48.9 Å². The third kappa shape index (κ3) is 3.25. The third-order valence-corrected chi connectivity index (χ3v) is 3.69. The molecule has 0 bridgehead atoms. The van der Waals surface area contributed by atoms with Gasteiger partial charge < -0.3 is 10.6 Å². The maximum absolute atomic E-state index is 5.95. The first-order valence-electron chi connectivity index (χ1n) is 5.81. The van der Waals surface area contributed by atoms with Crippen molar-refractivity contribution in [2.75, 3.05) is 29.7 Å². The molecule has 1 heterocycles. The molecule has 4 nitrogen and oxygen atoms in total. The highest BCUT2D eigenvalue weighted by molar-refractivity contribution is 7.98. The van der Waals surface area contributed by atoms with Gasteiger partial charge in [-0.15, -0.1) is 0 Å². The van der Waals surface area contributed by atoms with Gasteiger partial charge in [0.05, 0.1) is 0 Å². The Morgan fingerprint density at radius 2 is 2.00 bits per heavy atom. The molecular weight excluding hydrogens is 232 g/mol. The minimum absolute atomic E-state index is 0.329. The molecule has 17 heavy (non-hydrogen) atoms. The number of nitrogen functional groups attached to an aromatic ring is 1. The maximum atomic E-state index is 5.95. The summed E-state index contributed by atoms with van der Waals surface area (Å²) in [7, 11) is 2.06. The van der Waals surface area contributed by atoms with Crippen LogP contribution in [0.2, 0.25) is 0 Å². The summed E-state index contributed by atoms with van der Waals surface area (Å²) < 4.78 is 0. The summed E-state index contributed by atoms with van der Waals surface area (Å²) in [4.78, 5) is 10.7. The van der Waals surface area contributed by atoms with Crippen LogP contribution in [0, 0.1) is 0 Å². The second-order valence-corrected chi connectivity index (χ2v) is 5.48. The van der Waals surface area contributed by atoms with Gasteiger partial charge in [0.15, 0.2) is 0 Å². The Bertz CT molecular complexity index is 368. The molecule has 0 amide bonds. The molecule has 0 aliphatic carbocycles. The average molecular weight is 254 g/mol. The number of nitrogens with two attached hydrogens (primary N) is 1. The maximum Gasteiger partial charge on any atom is 0.137 e. The van der Waals surface area contributed by atoms with Crippen LogP contribution in [0.5, 0.6) is 0 Å². The lowest BCUT2D eigenvalue weighted by molar-refractivity contribution is 0.733. The molecule has 1 atom stereocenters. The highest BCUT2D eigenvalue weighted by Crippen LogP contribution is 2.29. The molecule has 1 aromatic rings. The van der Waals surface area contributed by atoms with Crippen LogP contribution in [-0.2, 0) is 0 Å². The number of thioether (sulfide) groups is 1. The van der Waals surface area contributed by atoms with Crippen LogP contribution in [0.3, 0.4) is 0 Å². The van der Waals surface area contributed by atoms with Gasteiger partial charge in [-0.3, -0.25) is 0 Å². The van der Waals surface area contributed by atoms with Crippen molar-refractivity contribution in [3.63, 3.8) is 0 Å².